The largest absolute Gasteiger partial charge is 0.490 e. The molecule has 0 spiro atoms. The van der Waals surface area contributed by atoms with Crippen molar-refractivity contribution in [3.8, 4) is 11.5 Å². The first-order valence-electron chi connectivity index (χ1n) is 6.94. The molecule has 0 bridgehead atoms. The molecule has 1 aliphatic rings. The topological polar surface area (TPSA) is 51.6 Å². The molecular weight excluding hydrogens is 286 g/mol. The average Bonchev–Trinajstić information content (AvgIpc) is 2.72. The zero-order chi connectivity index (χ0) is 14.7. The zero-order valence-corrected chi connectivity index (χ0v) is 12.6. The Labute approximate surface area is 128 Å². The van der Waals surface area contributed by atoms with E-state index in [1.165, 1.54) is 0 Å². The highest BCUT2D eigenvalue weighted by Crippen LogP contribution is 2.36. The fourth-order valence-electron chi connectivity index (χ4n) is 2.03. The van der Waals surface area contributed by atoms with Crippen molar-refractivity contribution in [2.24, 2.45) is 0 Å². The Bertz CT molecular complexity index is 613. The molecule has 1 N–H and O–H groups in total. The van der Waals surface area contributed by atoms with E-state index in [9.17, 15) is 5.11 Å². The van der Waals surface area contributed by atoms with Gasteiger partial charge in [-0.3, -0.25) is 0 Å². The van der Waals surface area contributed by atoms with E-state index in [0.717, 1.165) is 33.4 Å². The molecule has 0 fully saturated rings. The van der Waals surface area contributed by atoms with E-state index in [-0.39, 0.29) is 0 Å². The van der Waals surface area contributed by atoms with Crippen LogP contribution in [0.15, 0.2) is 46.5 Å². The lowest BCUT2D eigenvalue weighted by Gasteiger charge is -2.09. The smallest absolute Gasteiger partial charge is 0.162 e. The number of aliphatic hydroxyl groups excluding tert-OH is 1. The highest BCUT2D eigenvalue weighted by atomic mass is 32.2. The normalized spacial score (nSPS) is 15.3. The van der Waals surface area contributed by atoms with Gasteiger partial charge in [-0.15, -0.1) is 0 Å². The molecule has 2 heterocycles. The summed E-state index contributed by atoms with van der Waals surface area (Å²) in [5.74, 6) is 1.59. The van der Waals surface area contributed by atoms with E-state index in [1.807, 2.05) is 30.3 Å². The predicted octanol–water partition coefficient (Wildman–Crippen LogP) is 3.45. The summed E-state index contributed by atoms with van der Waals surface area (Å²) < 4.78 is 11.3. The number of fused-ring (bicyclic) bond motifs is 1. The van der Waals surface area contributed by atoms with Gasteiger partial charge in [-0.05, 0) is 36.8 Å². The zero-order valence-electron chi connectivity index (χ0n) is 11.8. The maximum absolute atomic E-state index is 9.49. The standard InChI is InChI=1S/C16H17NO3S/c1-11(18)12-3-6-16(17-10-12)21-13-4-5-14-15(9-13)20-8-2-7-19-14/h3-6,9-11,18H,2,7-8H2,1H3/t11-/m1/s1. The van der Waals surface area contributed by atoms with Crippen molar-refractivity contribution in [1.29, 1.82) is 0 Å². The molecular formula is C16H17NO3S. The molecule has 3 rings (SSSR count). The highest BCUT2D eigenvalue weighted by molar-refractivity contribution is 7.99. The van der Waals surface area contributed by atoms with Gasteiger partial charge in [0.2, 0.25) is 0 Å². The maximum atomic E-state index is 9.49. The second-order valence-corrected chi connectivity index (χ2v) is 5.96. The Balaban J connectivity index is 1.77. The van der Waals surface area contributed by atoms with Crippen molar-refractivity contribution in [2.75, 3.05) is 13.2 Å². The SMILES string of the molecule is C[C@@H](O)c1ccc(Sc2ccc3c(c2)OCCCO3)nc1. The average molecular weight is 303 g/mol. The van der Waals surface area contributed by atoms with Crippen molar-refractivity contribution in [3.05, 3.63) is 42.1 Å². The lowest BCUT2D eigenvalue weighted by molar-refractivity contribution is 0.198. The summed E-state index contributed by atoms with van der Waals surface area (Å²) in [4.78, 5) is 5.41. The molecule has 1 aliphatic heterocycles. The molecule has 0 unspecified atom stereocenters. The van der Waals surface area contributed by atoms with Crippen LogP contribution in [0.25, 0.3) is 0 Å². The van der Waals surface area contributed by atoms with E-state index in [4.69, 9.17) is 9.47 Å². The molecule has 1 atom stereocenters. The van der Waals surface area contributed by atoms with Crippen LogP contribution in [0.4, 0.5) is 0 Å². The van der Waals surface area contributed by atoms with Gasteiger partial charge >= 0.3 is 0 Å². The third-order valence-corrected chi connectivity index (χ3v) is 4.12. The van der Waals surface area contributed by atoms with Crippen molar-refractivity contribution in [3.63, 3.8) is 0 Å². The van der Waals surface area contributed by atoms with E-state index in [1.54, 1.807) is 24.9 Å². The molecule has 4 nitrogen and oxygen atoms in total. The van der Waals surface area contributed by atoms with Gasteiger partial charge in [-0.25, -0.2) is 4.98 Å². The minimum atomic E-state index is -0.491. The van der Waals surface area contributed by atoms with Gasteiger partial charge in [-0.1, -0.05) is 17.8 Å². The van der Waals surface area contributed by atoms with Gasteiger partial charge in [0.05, 0.1) is 19.3 Å². The van der Waals surface area contributed by atoms with Crippen LogP contribution in [0.3, 0.4) is 0 Å². The van der Waals surface area contributed by atoms with Crippen LogP contribution in [-0.2, 0) is 0 Å². The first-order valence-corrected chi connectivity index (χ1v) is 7.75. The number of rotatable bonds is 3. The van der Waals surface area contributed by atoms with Gasteiger partial charge in [0.1, 0.15) is 5.03 Å². The van der Waals surface area contributed by atoms with Crippen LogP contribution in [0.2, 0.25) is 0 Å². The first kappa shape index (κ1) is 14.2. The second kappa shape index (κ2) is 6.37. The van der Waals surface area contributed by atoms with Crippen molar-refractivity contribution >= 4 is 11.8 Å². The summed E-state index contributed by atoms with van der Waals surface area (Å²) in [7, 11) is 0. The van der Waals surface area contributed by atoms with Crippen LogP contribution in [0.1, 0.15) is 25.0 Å². The summed E-state index contributed by atoms with van der Waals surface area (Å²) in [6.45, 7) is 3.11. The molecule has 21 heavy (non-hydrogen) atoms. The molecule has 0 aliphatic carbocycles. The fraction of sp³-hybridized carbons (Fsp3) is 0.312. The molecule has 1 aromatic carbocycles. The Morgan fingerprint density at radius 2 is 1.95 bits per heavy atom. The Morgan fingerprint density at radius 3 is 2.67 bits per heavy atom. The summed E-state index contributed by atoms with van der Waals surface area (Å²) in [6, 6.07) is 9.73. The fourth-order valence-corrected chi connectivity index (χ4v) is 2.81. The third-order valence-electron chi connectivity index (χ3n) is 3.18. The van der Waals surface area contributed by atoms with Gasteiger partial charge in [0, 0.05) is 17.5 Å². The third kappa shape index (κ3) is 3.49. The predicted molar refractivity (Wildman–Crippen MR) is 81.0 cm³/mol. The minimum Gasteiger partial charge on any atom is -0.490 e. The van der Waals surface area contributed by atoms with Crippen molar-refractivity contribution in [1.82, 2.24) is 4.98 Å². The lowest BCUT2D eigenvalue weighted by atomic mass is 10.2. The monoisotopic (exact) mass is 303 g/mol. The van der Waals surface area contributed by atoms with Gasteiger partial charge in [0.15, 0.2) is 11.5 Å². The van der Waals surface area contributed by atoms with E-state index in [2.05, 4.69) is 4.98 Å². The molecule has 0 amide bonds. The maximum Gasteiger partial charge on any atom is 0.162 e. The van der Waals surface area contributed by atoms with Crippen molar-refractivity contribution in [2.45, 2.75) is 29.4 Å². The quantitative estimate of drug-likeness (QED) is 0.941. The van der Waals surface area contributed by atoms with Gasteiger partial charge in [-0.2, -0.15) is 0 Å². The van der Waals surface area contributed by atoms with E-state index >= 15 is 0 Å². The molecule has 0 radical (unpaired) electrons. The number of benzene rings is 1. The summed E-state index contributed by atoms with van der Waals surface area (Å²) in [5.41, 5.74) is 0.818. The highest BCUT2D eigenvalue weighted by Gasteiger charge is 2.11. The Morgan fingerprint density at radius 1 is 1.14 bits per heavy atom. The number of nitrogens with zero attached hydrogens (tertiary/aromatic N) is 1. The summed E-state index contributed by atoms with van der Waals surface area (Å²) in [5, 5.41) is 10.4. The van der Waals surface area contributed by atoms with Gasteiger partial charge < -0.3 is 14.6 Å². The molecule has 0 saturated carbocycles. The number of ether oxygens (including phenoxy) is 2. The summed E-state index contributed by atoms with van der Waals surface area (Å²) >= 11 is 1.56. The first-order chi connectivity index (χ1) is 10.2. The van der Waals surface area contributed by atoms with Crippen LogP contribution in [-0.4, -0.2) is 23.3 Å². The second-order valence-electron chi connectivity index (χ2n) is 4.87. The molecule has 2 aromatic rings. The van der Waals surface area contributed by atoms with Crippen LogP contribution >= 0.6 is 11.8 Å². The van der Waals surface area contributed by atoms with E-state index < -0.39 is 6.10 Å². The molecule has 5 heteroatoms. The number of hydrogen-bond acceptors (Lipinski definition) is 5. The van der Waals surface area contributed by atoms with Crippen LogP contribution in [0.5, 0.6) is 11.5 Å². The molecule has 110 valence electrons. The Hall–Kier alpha value is -1.72. The van der Waals surface area contributed by atoms with E-state index in [0.29, 0.717) is 13.2 Å². The minimum absolute atomic E-state index is 0.491. The van der Waals surface area contributed by atoms with Crippen molar-refractivity contribution < 1.29 is 14.6 Å². The number of hydrogen-bond donors (Lipinski definition) is 1. The van der Waals surface area contributed by atoms with Crippen LogP contribution in [0, 0.1) is 0 Å². The summed E-state index contributed by atoms with van der Waals surface area (Å²) in [6.07, 6.45) is 2.12. The number of aliphatic hydroxyl groups is 1. The number of aromatic nitrogens is 1. The number of pyridine rings is 1. The molecule has 0 saturated heterocycles. The van der Waals surface area contributed by atoms with Crippen LogP contribution < -0.4 is 9.47 Å². The lowest BCUT2D eigenvalue weighted by Crippen LogP contribution is -1.97. The molecule has 1 aromatic heterocycles. The Kier molecular flexibility index (Phi) is 4.31. The van der Waals surface area contributed by atoms with Gasteiger partial charge in [0.25, 0.3) is 0 Å².